The molecule has 0 spiro atoms. The van der Waals surface area contributed by atoms with Crippen molar-refractivity contribution in [3.63, 3.8) is 0 Å². The van der Waals surface area contributed by atoms with E-state index in [0.29, 0.717) is 0 Å². The normalized spacial score (nSPS) is 10.5. The Labute approximate surface area is 98.4 Å². The first-order chi connectivity index (χ1) is 8.13. The zero-order valence-corrected chi connectivity index (χ0v) is 9.61. The van der Waals surface area contributed by atoms with Gasteiger partial charge in [-0.3, -0.25) is 9.63 Å². The standard InChI is InChI=1S/C13H12FNO2/c1-15(17-2)13(16)11-7-9-5-3-4-6-10(9)8-12(11)14/h3-8H,1-2H3. The highest BCUT2D eigenvalue weighted by molar-refractivity contribution is 5.98. The summed E-state index contributed by atoms with van der Waals surface area (Å²) in [5.74, 6) is -1.05. The third-order valence-electron chi connectivity index (χ3n) is 2.63. The second-order valence-corrected chi connectivity index (χ2v) is 3.66. The van der Waals surface area contributed by atoms with Gasteiger partial charge in [0.05, 0.1) is 12.7 Å². The molecule has 0 aromatic heterocycles. The molecule has 2 aromatic carbocycles. The number of hydrogen-bond acceptors (Lipinski definition) is 2. The van der Waals surface area contributed by atoms with Crippen LogP contribution in [0.4, 0.5) is 4.39 Å². The summed E-state index contributed by atoms with van der Waals surface area (Å²) in [6.45, 7) is 0. The molecule has 0 saturated carbocycles. The second kappa shape index (κ2) is 4.51. The number of nitrogens with zero attached hydrogens (tertiary/aromatic N) is 1. The van der Waals surface area contributed by atoms with Crippen LogP contribution in [0.1, 0.15) is 10.4 Å². The van der Waals surface area contributed by atoms with Crippen molar-refractivity contribution in [2.75, 3.05) is 14.2 Å². The van der Waals surface area contributed by atoms with Gasteiger partial charge in [0, 0.05) is 7.05 Å². The third kappa shape index (κ3) is 2.12. The van der Waals surface area contributed by atoms with Crippen molar-refractivity contribution in [3.05, 3.63) is 47.8 Å². The zero-order valence-electron chi connectivity index (χ0n) is 9.61. The molecule has 0 heterocycles. The van der Waals surface area contributed by atoms with Crippen LogP contribution in [0.2, 0.25) is 0 Å². The van der Waals surface area contributed by atoms with Crippen molar-refractivity contribution in [1.82, 2.24) is 5.06 Å². The average Bonchev–Trinajstić information content (AvgIpc) is 2.36. The van der Waals surface area contributed by atoms with E-state index < -0.39 is 11.7 Å². The number of halogens is 1. The maximum absolute atomic E-state index is 13.8. The number of benzene rings is 2. The van der Waals surface area contributed by atoms with E-state index in [9.17, 15) is 9.18 Å². The van der Waals surface area contributed by atoms with Crippen LogP contribution in [-0.2, 0) is 4.84 Å². The Balaban J connectivity index is 2.54. The van der Waals surface area contributed by atoms with E-state index in [4.69, 9.17) is 4.84 Å². The molecule has 0 unspecified atom stereocenters. The highest BCUT2D eigenvalue weighted by Crippen LogP contribution is 2.20. The van der Waals surface area contributed by atoms with Gasteiger partial charge in [-0.25, -0.2) is 9.45 Å². The van der Waals surface area contributed by atoms with Gasteiger partial charge in [-0.2, -0.15) is 0 Å². The summed E-state index contributed by atoms with van der Waals surface area (Å²) in [5, 5.41) is 2.58. The summed E-state index contributed by atoms with van der Waals surface area (Å²) in [4.78, 5) is 16.6. The first kappa shape index (κ1) is 11.5. The van der Waals surface area contributed by atoms with Gasteiger partial charge in [0.25, 0.3) is 5.91 Å². The van der Waals surface area contributed by atoms with Crippen LogP contribution in [0.3, 0.4) is 0 Å². The van der Waals surface area contributed by atoms with Gasteiger partial charge in [-0.15, -0.1) is 0 Å². The fourth-order valence-electron chi connectivity index (χ4n) is 1.63. The molecule has 17 heavy (non-hydrogen) atoms. The molecule has 3 nitrogen and oxygen atoms in total. The lowest BCUT2D eigenvalue weighted by Gasteiger charge is -2.14. The minimum Gasteiger partial charge on any atom is -0.274 e. The van der Waals surface area contributed by atoms with Crippen LogP contribution < -0.4 is 0 Å². The Morgan fingerprint density at radius 1 is 1.24 bits per heavy atom. The molecule has 4 heteroatoms. The minimum atomic E-state index is -0.544. The van der Waals surface area contributed by atoms with Crippen molar-refractivity contribution in [1.29, 1.82) is 0 Å². The Hall–Kier alpha value is -1.94. The Bertz CT molecular complexity index is 568. The average molecular weight is 233 g/mol. The molecule has 0 aliphatic carbocycles. The molecule has 0 atom stereocenters. The predicted molar refractivity (Wildman–Crippen MR) is 63.0 cm³/mol. The van der Waals surface area contributed by atoms with Crippen molar-refractivity contribution in [2.45, 2.75) is 0 Å². The molecular weight excluding hydrogens is 221 g/mol. The zero-order chi connectivity index (χ0) is 12.4. The summed E-state index contributed by atoms with van der Waals surface area (Å²) in [6, 6.07) is 10.2. The number of rotatable bonds is 2. The SMILES string of the molecule is CON(C)C(=O)c1cc2ccccc2cc1F. The molecule has 0 bridgehead atoms. The Kier molecular flexibility index (Phi) is 3.06. The fraction of sp³-hybridized carbons (Fsp3) is 0.154. The number of fused-ring (bicyclic) bond motifs is 1. The highest BCUT2D eigenvalue weighted by atomic mass is 19.1. The lowest BCUT2D eigenvalue weighted by molar-refractivity contribution is -0.0759. The number of carbonyl (C=O) groups is 1. The maximum atomic E-state index is 13.8. The predicted octanol–water partition coefficient (Wildman–Crippen LogP) is 2.61. The van der Waals surface area contributed by atoms with Crippen molar-refractivity contribution >= 4 is 16.7 Å². The third-order valence-corrected chi connectivity index (χ3v) is 2.63. The van der Waals surface area contributed by atoms with Crippen molar-refractivity contribution < 1.29 is 14.0 Å². The summed E-state index contributed by atoms with van der Waals surface area (Å²) in [6.07, 6.45) is 0. The summed E-state index contributed by atoms with van der Waals surface area (Å²) >= 11 is 0. The first-order valence-electron chi connectivity index (χ1n) is 5.14. The molecular formula is C13H12FNO2. The number of hydroxylamine groups is 2. The largest absolute Gasteiger partial charge is 0.280 e. The smallest absolute Gasteiger partial charge is 0.274 e. The molecule has 0 N–H and O–H groups in total. The van der Waals surface area contributed by atoms with E-state index in [-0.39, 0.29) is 5.56 Å². The number of hydrogen-bond donors (Lipinski definition) is 0. The lowest BCUT2D eigenvalue weighted by Crippen LogP contribution is -2.26. The topological polar surface area (TPSA) is 29.5 Å². The van der Waals surface area contributed by atoms with E-state index in [2.05, 4.69) is 0 Å². The van der Waals surface area contributed by atoms with E-state index in [0.717, 1.165) is 15.8 Å². The van der Waals surface area contributed by atoms with Crippen LogP contribution in [0, 0.1) is 5.82 Å². The monoisotopic (exact) mass is 233 g/mol. The molecule has 88 valence electrons. The Morgan fingerprint density at radius 3 is 2.41 bits per heavy atom. The van der Waals surface area contributed by atoms with Gasteiger partial charge in [-0.1, -0.05) is 24.3 Å². The second-order valence-electron chi connectivity index (χ2n) is 3.66. The van der Waals surface area contributed by atoms with Gasteiger partial charge < -0.3 is 0 Å². The minimum absolute atomic E-state index is 0.00745. The molecule has 2 aromatic rings. The van der Waals surface area contributed by atoms with Gasteiger partial charge in [0.1, 0.15) is 5.82 Å². The fourth-order valence-corrected chi connectivity index (χ4v) is 1.63. The summed E-state index contributed by atoms with van der Waals surface area (Å²) < 4.78 is 13.8. The van der Waals surface area contributed by atoms with Crippen LogP contribution in [0.15, 0.2) is 36.4 Å². The molecule has 0 aliphatic heterocycles. The molecule has 2 rings (SSSR count). The van der Waals surface area contributed by atoms with Crippen molar-refractivity contribution in [3.8, 4) is 0 Å². The number of amides is 1. The summed E-state index contributed by atoms with van der Waals surface area (Å²) in [5.41, 5.74) is 0.00745. The van der Waals surface area contributed by atoms with Gasteiger partial charge in [0.2, 0.25) is 0 Å². The Morgan fingerprint density at radius 2 is 1.82 bits per heavy atom. The highest BCUT2D eigenvalue weighted by Gasteiger charge is 2.16. The van der Waals surface area contributed by atoms with Gasteiger partial charge in [-0.05, 0) is 22.9 Å². The quantitative estimate of drug-likeness (QED) is 0.746. The molecule has 1 amide bonds. The van der Waals surface area contributed by atoms with Gasteiger partial charge >= 0.3 is 0 Å². The molecule has 0 fully saturated rings. The van der Waals surface area contributed by atoms with E-state index in [1.165, 1.54) is 26.3 Å². The molecule has 0 aliphatic rings. The van der Waals surface area contributed by atoms with Crippen molar-refractivity contribution in [2.24, 2.45) is 0 Å². The first-order valence-corrected chi connectivity index (χ1v) is 5.14. The van der Waals surface area contributed by atoms with Crippen LogP contribution in [0.25, 0.3) is 10.8 Å². The van der Waals surface area contributed by atoms with Gasteiger partial charge in [0.15, 0.2) is 0 Å². The molecule has 0 saturated heterocycles. The van der Waals surface area contributed by atoms with E-state index >= 15 is 0 Å². The van der Waals surface area contributed by atoms with Crippen LogP contribution >= 0.6 is 0 Å². The van der Waals surface area contributed by atoms with E-state index in [1.54, 1.807) is 6.07 Å². The van der Waals surface area contributed by atoms with E-state index in [1.807, 2.05) is 18.2 Å². The van der Waals surface area contributed by atoms with Crippen LogP contribution in [0.5, 0.6) is 0 Å². The lowest BCUT2D eigenvalue weighted by atomic mass is 10.1. The van der Waals surface area contributed by atoms with Crippen LogP contribution in [-0.4, -0.2) is 25.1 Å². The number of carbonyl (C=O) groups excluding carboxylic acids is 1. The molecule has 0 radical (unpaired) electrons. The summed E-state index contributed by atoms with van der Waals surface area (Å²) in [7, 11) is 2.80. The maximum Gasteiger partial charge on any atom is 0.280 e.